The molecule has 1 aliphatic heterocycles. The van der Waals surface area contributed by atoms with E-state index in [0.29, 0.717) is 17.9 Å². The minimum Gasteiger partial charge on any atom is -0.497 e. The maximum absolute atomic E-state index is 5.27. The van der Waals surface area contributed by atoms with E-state index in [1.54, 1.807) is 7.11 Å². The molecule has 1 heterocycles. The zero-order valence-corrected chi connectivity index (χ0v) is 12.1. The topological polar surface area (TPSA) is 21.3 Å². The first-order valence-corrected chi connectivity index (χ1v) is 7.53. The fourth-order valence-electron chi connectivity index (χ4n) is 3.68. The second kappa shape index (κ2) is 4.96. The molecular weight excluding hydrogens is 258 g/mol. The first kappa shape index (κ1) is 12.5. The first-order chi connectivity index (χ1) is 10.4. The van der Waals surface area contributed by atoms with Crippen molar-refractivity contribution in [3.05, 3.63) is 71.8 Å². The number of methoxy groups -OCH3 is 1. The highest BCUT2D eigenvalue weighted by Crippen LogP contribution is 2.49. The number of ether oxygens (including phenoxy) is 1. The molecule has 106 valence electrons. The average Bonchev–Trinajstić information content (AvgIpc) is 3.04. The summed E-state index contributed by atoms with van der Waals surface area (Å²) in [5.74, 6) is 2.05. The summed E-state index contributed by atoms with van der Waals surface area (Å²) >= 11 is 0. The van der Waals surface area contributed by atoms with E-state index in [9.17, 15) is 0 Å². The number of benzene rings is 2. The molecule has 0 bridgehead atoms. The fraction of sp³-hybridized carbons (Fsp3) is 0.263. The third-order valence-electron chi connectivity index (χ3n) is 4.75. The Morgan fingerprint density at radius 2 is 1.86 bits per heavy atom. The Bertz CT molecular complexity index is 674. The van der Waals surface area contributed by atoms with Crippen molar-refractivity contribution in [2.45, 2.75) is 18.4 Å². The van der Waals surface area contributed by atoms with Crippen LogP contribution in [0, 0.1) is 5.92 Å². The van der Waals surface area contributed by atoms with Crippen LogP contribution in [0.1, 0.15) is 29.5 Å². The zero-order valence-electron chi connectivity index (χ0n) is 12.1. The van der Waals surface area contributed by atoms with Crippen LogP contribution in [0.25, 0.3) is 0 Å². The number of rotatable bonds is 2. The van der Waals surface area contributed by atoms with Gasteiger partial charge in [0, 0.05) is 11.6 Å². The molecule has 2 aromatic carbocycles. The molecule has 4 rings (SSSR count). The molecule has 21 heavy (non-hydrogen) atoms. The summed E-state index contributed by atoms with van der Waals surface area (Å²) in [6.07, 6.45) is 5.85. The summed E-state index contributed by atoms with van der Waals surface area (Å²) in [5, 5.41) is 3.74. The molecule has 2 aliphatic rings. The SMILES string of the molecule is COc1ccc(C2Nc3ccccc3C3C=CCC32)cc1. The highest BCUT2D eigenvalue weighted by molar-refractivity contribution is 5.59. The van der Waals surface area contributed by atoms with E-state index in [1.807, 2.05) is 0 Å². The van der Waals surface area contributed by atoms with Crippen molar-refractivity contribution in [3.8, 4) is 5.75 Å². The molecule has 0 aromatic heterocycles. The van der Waals surface area contributed by atoms with Crippen LogP contribution in [-0.2, 0) is 0 Å². The maximum Gasteiger partial charge on any atom is 0.118 e. The molecule has 0 saturated heterocycles. The summed E-state index contributed by atoms with van der Waals surface area (Å²) < 4.78 is 5.27. The van der Waals surface area contributed by atoms with Crippen molar-refractivity contribution in [1.29, 1.82) is 0 Å². The molecule has 2 aromatic rings. The number of hydrogen-bond donors (Lipinski definition) is 1. The second-order valence-corrected chi connectivity index (χ2v) is 5.84. The number of nitrogens with one attached hydrogen (secondary N) is 1. The van der Waals surface area contributed by atoms with Crippen LogP contribution in [-0.4, -0.2) is 7.11 Å². The zero-order chi connectivity index (χ0) is 14.2. The molecule has 2 nitrogen and oxygen atoms in total. The van der Waals surface area contributed by atoms with Crippen LogP contribution < -0.4 is 10.1 Å². The van der Waals surface area contributed by atoms with Crippen LogP contribution >= 0.6 is 0 Å². The highest BCUT2D eigenvalue weighted by Gasteiger charge is 2.37. The normalized spacial score (nSPS) is 25.9. The monoisotopic (exact) mass is 277 g/mol. The Morgan fingerprint density at radius 3 is 2.67 bits per heavy atom. The van der Waals surface area contributed by atoms with E-state index in [2.05, 4.69) is 66.0 Å². The third-order valence-corrected chi connectivity index (χ3v) is 4.75. The summed E-state index contributed by atoms with van der Waals surface area (Å²) in [6, 6.07) is 17.5. The highest BCUT2D eigenvalue weighted by atomic mass is 16.5. The predicted octanol–water partition coefficient (Wildman–Crippen LogP) is 4.52. The average molecular weight is 277 g/mol. The number of allylic oxidation sites excluding steroid dienone is 2. The maximum atomic E-state index is 5.27. The largest absolute Gasteiger partial charge is 0.497 e. The lowest BCUT2D eigenvalue weighted by Gasteiger charge is -2.37. The fourth-order valence-corrected chi connectivity index (χ4v) is 3.68. The van der Waals surface area contributed by atoms with Crippen LogP contribution in [0.5, 0.6) is 5.75 Å². The molecule has 0 fully saturated rings. The molecule has 3 atom stereocenters. The van der Waals surface area contributed by atoms with Gasteiger partial charge in [0.15, 0.2) is 0 Å². The number of para-hydroxylation sites is 1. The van der Waals surface area contributed by atoms with E-state index in [1.165, 1.54) is 16.8 Å². The lowest BCUT2D eigenvalue weighted by molar-refractivity contribution is 0.411. The number of fused-ring (bicyclic) bond motifs is 3. The Hall–Kier alpha value is -2.22. The Labute approximate surface area is 125 Å². The van der Waals surface area contributed by atoms with Crippen molar-refractivity contribution in [2.75, 3.05) is 12.4 Å². The van der Waals surface area contributed by atoms with Crippen molar-refractivity contribution >= 4 is 5.69 Å². The van der Waals surface area contributed by atoms with Crippen LogP contribution in [0.4, 0.5) is 5.69 Å². The van der Waals surface area contributed by atoms with Crippen molar-refractivity contribution in [2.24, 2.45) is 5.92 Å². The van der Waals surface area contributed by atoms with E-state index >= 15 is 0 Å². The van der Waals surface area contributed by atoms with Gasteiger partial charge in [-0.15, -0.1) is 0 Å². The van der Waals surface area contributed by atoms with Gasteiger partial charge in [-0.25, -0.2) is 0 Å². The van der Waals surface area contributed by atoms with Crippen molar-refractivity contribution < 1.29 is 4.74 Å². The Balaban J connectivity index is 1.73. The van der Waals surface area contributed by atoms with Gasteiger partial charge < -0.3 is 10.1 Å². The Morgan fingerprint density at radius 1 is 1.05 bits per heavy atom. The van der Waals surface area contributed by atoms with Gasteiger partial charge >= 0.3 is 0 Å². The minimum atomic E-state index is 0.366. The van der Waals surface area contributed by atoms with Gasteiger partial charge in [0.1, 0.15) is 5.75 Å². The van der Waals surface area contributed by atoms with Gasteiger partial charge in [0.2, 0.25) is 0 Å². The Kier molecular flexibility index (Phi) is 2.95. The molecule has 0 amide bonds. The summed E-state index contributed by atoms with van der Waals surface area (Å²) in [7, 11) is 1.71. The van der Waals surface area contributed by atoms with Crippen molar-refractivity contribution in [1.82, 2.24) is 0 Å². The molecule has 0 radical (unpaired) electrons. The van der Waals surface area contributed by atoms with Gasteiger partial charge in [-0.1, -0.05) is 42.5 Å². The lowest BCUT2D eigenvalue weighted by Crippen LogP contribution is -2.28. The quantitative estimate of drug-likeness (QED) is 0.815. The van der Waals surface area contributed by atoms with Crippen molar-refractivity contribution in [3.63, 3.8) is 0 Å². The summed E-state index contributed by atoms with van der Waals surface area (Å²) in [6.45, 7) is 0. The summed E-state index contributed by atoms with van der Waals surface area (Å²) in [4.78, 5) is 0. The van der Waals surface area contributed by atoms with Crippen LogP contribution in [0.3, 0.4) is 0 Å². The molecule has 0 spiro atoms. The van der Waals surface area contributed by atoms with Crippen LogP contribution in [0.2, 0.25) is 0 Å². The number of anilines is 1. The second-order valence-electron chi connectivity index (χ2n) is 5.84. The first-order valence-electron chi connectivity index (χ1n) is 7.53. The van der Waals surface area contributed by atoms with E-state index in [-0.39, 0.29) is 0 Å². The summed E-state index contributed by atoms with van der Waals surface area (Å²) in [5.41, 5.74) is 4.04. The smallest absolute Gasteiger partial charge is 0.118 e. The third kappa shape index (κ3) is 2.02. The minimum absolute atomic E-state index is 0.366. The van der Waals surface area contributed by atoms with Gasteiger partial charge in [-0.05, 0) is 41.7 Å². The van der Waals surface area contributed by atoms with E-state index in [4.69, 9.17) is 4.74 Å². The molecule has 0 saturated carbocycles. The molecule has 1 N–H and O–H groups in total. The van der Waals surface area contributed by atoms with Gasteiger partial charge in [-0.2, -0.15) is 0 Å². The van der Waals surface area contributed by atoms with Crippen LogP contribution in [0.15, 0.2) is 60.7 Å². The molecule has 2 heteroatoms. The van der Waals surface area contributed by atoms with Gasteiger partial charge in [0.05, 0.1) is 13.2 Å². The molecule has 3 unspecified atom stereocenters. The number of hydrogen-bond acceptors (Lipinski definition) is 2. The molecule has 1 aliphatic carbocycles. The van der Waals surface area contributed by atoms with E-state index < -0.39 is 0 Å². The van der Waals surface area contributed by atoms with Gasteiger partial charge in [0.25, 0.3) is 0 Å². The lowest BCUT2D eigenvalue weighted by atomic mass is 9.77. The molecular formula is C19H19NO. The van der Waals surface area contributed by atoms with E-state index in [0.717, 1.165) is 12.2 Å². The van der Waals surface area contributed by atoms with Gasteiger partial charge in [-0.3, -0.25) is 0 Å². The predicted molar refractivity (Wildman–Crippen MR) is 85.8 cm³/mol. The standard InChI is InChI=1S/C19H19NO/c1-21-14-11-9-13(10-12-14)19-17-7-4-6-15(17)16-5-2-3-8-18(16)20-19/h2-6,8-12,15,17,19-20H,7H2,1H3.